The average Bonchev–Trinajstić information content (AvgIpc) is 3.54. The minimum atomic E-state index is -0.486. The predicted octanol–water partition coefficient (Wildman–Crippen LogP) is 6.82. The van der Waals surface area contributed by atoms with Crippen LogP contribution in [0.4, 0.5) is 10.5 Å². The second-order valence-electron chi connectivity index (χ2n) is 12.4. The molecule has 3 aromatic heterocycles. The standard InChI is InChI=1S/C35H40N6O3/c1-23-32(24(2)41(38-23)22-25-8-7-9-29(18-25)43-6)31-21-37-33-30(31)19-27(20-36-33)26-10-12-28(13-11-26)39-14-16-40(17-15-39)34(42)44-35(3,4)5/h7-13,18-21H,14-17,22H2,1-6H3,(H,36,37). The number of nitrogens with zero attached hydrogens (tertiary/aromatic N) is 5. The average molecular weight is 593 g/mol. The van der Waals surface area contributed by atoms with Crippen LogP contribution in [0.1, 0.15) is 37.7 Å². The van der Waals surface area contributed by atoms with Crippen LogP contribution < -0.4 is 9.64 Å². The molecule has 1 aliphatic rings. The number of carbonyl (C=O) groups is 1. The van der Waals surface area contributed by atoms with Crippen LogP contribution in [0.15, 0.2) is 67.0 Å². The van der Waals surface area contributed by atoms with Crippen molar-refractivity contribution in [2.45, 2.75) is 46.8 Å². The van der Waals surface area contributed by atoms with Gasteiger partial charge in [0.05, 0.1) is 19.3 Å². The van der Waals surface area contributed by atoms with E-state index in [1.807, 2.05) is 51.4 Å². The van der Waals surface area contributed by atoms with E-state index in [9.17, 15) is 4.79 Å². The minimum absolute atomic E-state index is 0.242. The molecule has 1 N–H and O–H groups in total. The van der Waals surface area contributed by atoms with Crippen molar-refractivity contribution in [2.75, 3.05) is 38.2 Å². The fourth-order valence-corrected chi connectivity index (χ4v) is 5.89. The Hall–Kier alpha value is -4.79. The number of pyridine rings is 1. The van der Waals surface area contributed by atoms with Crippen LogP contribution in [-0.2, 0) is 11.3 Å². The molecule has 0 atom stereocenters. The molecule has 44 heavy (non-hydrogen) atoms. The molecule has 9 nitrogen and oxygen atoms in total. The van der Waals surface area contributed by atoms with Crippen LogP contribution in [0.2, 0.25) is 0 Å². The Kier molecular flexibility index (Phi) is 7.80. The molecule has 2 aromatic carbocycles. The van der Waals surface area contributed by atoms with Gasteiger partial charge in [0.1, 0.15) is 17.0 Å². The Morgan fingerprint density at radius 1 is 0.977 bits per heavy atom. The first kappa shape index (κ1) is 29.3. The normalized spacial score (nSPS) is 13.9. The number of aromatic nitrogens is 4. The van der Waals surface area contributed by atoms with E-state index in [0.29, 0.717) is 19.6 Å². The van der Waals surface area contributed by atoms with Gasteiger partial charge in [-0.05, 0) is 76.1 Å². The zero-order valence-electron chi connectivity index (χ0n) is 26.3. The quantitative estimate of drug-likeness (QED) is 0.233. The van der Waals surface area contributed by atoms with Gasteiger partial charge in [-0.15, -0.1) is 0 Å². The molecule has 4 heterocycles. The van der Waals surface area contributed by atoms with Gasteiger partial charge in [0.25, 0.3) is 0 Å². The predicted molar refractivity (Wildman–Crippen MR) is 174 cm³/mol. The van der Waals surface area contributed by atoms with E-state index in [4.69, 9.17) is 19.6 Å². The number of rotatable bonds is 6. The van der Waals surface area contributed by atoms with Gasteiger partial charge in [-0.1, -0.05) is 24.3 Å². The number of ether oxygens (including phenoxy) is 2. The number of anilines is 1. The third-order valence-electron chi connectivity index (χ3n) is 8.15. The number of amides is 1. The molecule has 0 aliphatic carbocycles. The number of aryl methyl sites for hydroxylation is 1. The Bertz CT molecular complexity index is 1790. The molecule has 9 heteroatoms. The molecular weight excluding hydrogens is 552 g/mol. The lowest BCUT2D eigenvalue weighted by molar-refractivity contribution is 0.0240. The van der Waals surface area contributed by atoms with Crippen molar-refractivity contribution in [2.24, 2.45) is 0 Å². The van der Waals surface area contributed by atoms with Gasteiger partial charge in [0.15, 0.2) is 0 Å². The SMILES string of the molecule is COc1cccc(Cn2nc(C)c(-c3c[nH]c4ncc(-c5ccc(N6CCN(C(=O)OC(C)(C)C)CC6)cc5)cc34)c2C)c1. The van der Waals surface area contributed by atoms with E-state index in [1.54, 1.807) is 12.0 Å². The summed E-state index contributed by atoms with van der Waals surface area (Å²) >= 11 is 0. The van der Waals surface area contributed by atoms with Crippen LogP contribution in [-0.4, -0.2) is 69.6 Å². The van der Waals surface area contributed by atoms with Crippen LogP contribution in [0, 0.1) is 13.8 Å². The summed E-state index contributed by atoms with van der Waals surface area (Å²) in [6.45, 7) is 13.4. The molecule has 6 rings (SSSR count). The summed E-state index contributed by atoms with van der Waals surface area (Å²) in [5.74, 6) is 0.841. The zero-order valence-corrected chi connectivity index (χ0v) is 26.3. The number of H-pyrrole nitrogens is 1. The summed E-state index contributed by atoms with van der Waals surface area (Å²) in [6.07, 6.45) is 3.71. The van der Waals surface area contributed by atoms with Gasteiger partial charge >= 0.3 is 6.09 Å². The number of methoxy groups -OCH3 is 1. The molecule has 228 valence electrons. The highest BCUT2D eigenvalue weighted by Gasteiger charge is 2.26. The second-order valence-corrected chi connectivity index (χ2v) is 12.4. The smallest absolute Gasteiger partial charge is 0.410 e. The molecule has 0 bridgehead atoms. The van der Waals surface area contributed by atoms with Gasteiger partial charge in [-0.3, -0.25) is 4.68 Å². The highest BCUT2D eigenvalue weighted by atomic mass is 16.6. The summed E-state index contributed by atoms with van der Waals surface area (Å²) < 4.78 is 13.0. The largest absolute Gasteiger partial charge is 0.497 e. The number of benzene rings is 2. The van der Waals surface area contributed by atoms with E-state index in [0.717, 1.165) is 74.8 Å². The Morgan fingerprint density at radius 3 is 2.43 bits per heavy atom. The van der Waals surface area contributed by atoms with Crippen molar-refractivity contribution in [1.29, 1.82) is 0 Å². The highest BCUT2D eigenvalue weighted by molar-refractivity contribution is 5.97. The third-order valence-corrected chi connectivity index (χ3v) is 8.15. The molecule has 0 radical (unpaired) electrons. The van der Waals surface area contributed by atoms with Crippen molar-refractivity contribution in [1.82, 2.24) is 24.6 Å². The van der Waals surface area contributed by atoms with Crippen LogP contribution in [0.5, 0.6) is 5.75 Å². The molecular formula is C35H40N6O3. The van der Waals surface area contributed by atoms with E-state index in [-0.39, 0.29) is 6.09 Å². The number of piperazine rings is 1. The lowest BCUT2D eigenvalue weighted by Gasteiger charge is -2.36. The monoisotopic (exact) mass is 592 g/mol. The summed E-state index contributed by atoms with van der Waals surface area (Å²) in [6, 6.07) is 18.9. The van der Waals surface area contributed by atoms with Crippen molar-refractivity contribution in [3.8, 4) is 28.0 Å². The zero-order chi connectivity index (χ0) is 31.0. The molecule has 0 unspecified atom stereocenters. The fourth-order valence-electron chi connectivity index (χ4n) is 5.89. The molecule has 1 amide bonds. The Morgan fingerprint density at radius 2 is 1.73 bits per heavy atom. The van der Waals surface area contributed by atoms with E-state index < -0.39 is 5.60 Å². The maximum Gasteiger partial charge on any atom is 0.410 e. The molecule has 5 aromatic rings. The van der Waals surface area contributed by atoms with Gasteiger partial charge in [0, 0.05) is 72.0 Å². The summed E-state index contributed by atoms with van der Waals surface area (Å²) in [4.78, 5) is 24.7. The number of aromatic amines is 1. The van der Waals surface area contributed by atoms with Gasteiger partial charge in [0.2, 0.25) is 0 Å². The topological polar surface area (TPSA) is 88.5 Å². The molecule has 0 saturated carbocycles. The van der Waals surface area contributed by atoms with Crippen LogP contribution in [0.25, 0.3) is 33.3 Å². The van der Waals surface area contributed by atoms with Crippen LogP contribution >= 0.6 is 0 Å². The second kappa shape index (κ2) is 11.7. The summed E-state index contributed by atoms with van der Waals surface area (Å²) in [5, 5.41) is 5.96. The highest BCUT2D eigenvalue weighted by Crippen LogP contribution is 2.35. The first-order valence-electron chi connectivity index (χ1n) is 15.1. The number of carbonyl (C=O) groups excluding carboxylic acids is 1. The lowest BCUT2D eigenvalue weighted by atomic mass is 10.0. The fraction of sp³-hybridized carbons (Fsp3) is 0.343. The number of fused-ring (bicyclic) bond motifs is 1. The van der Waals surface area contributed by atoms with Gasteiger partial charge in [-0.25, -0.2) is 9.78 Å². The lowest BCUT2D eigenvalue weighted by Crippen LogP contribution is -2.50. The maximum atomic E-state index is 12.4. The first-order chi connectivity index (χ1) is 21.1. The third kappa shape index (κ3) is 6.00. The number of hydrogen-bond donors (Lipinski definition) is 1. The van der Waals surface area contributed by atoms with Crippen molar-refractivity contribution in [3.63, 3.8) is 0 Å². The molecule has 1 saturated heterocycles. The number of nitrogens with one attached hydrogen (secondary N) is 1. The van der Waals surface area contributed by atoms with Crippen molar-refractivity contribution >= 4 is 22.8 Å². The van der Waals surface area contributed by atoms with Crippen molar-refractivity contribution in [3.05, 3.63) is 83.9 Å². The van der Waals surface area contributed by atoms with Gasteiger partial charge in [-0.2, -0.15) is 5.10 Å². The van der Waals surface area contributed by atoms with E-state index >= 15 is 0 Å². The first-order valence-corrected chi connectivity index (χ1v) is 15.1. The Labute approximate surface area is 258 Å². The number of hydrogen-bond acceptors (Lipinski definition) is 6. The van der Waals surface area contributed by atoms with Gasteiger partial charge < -0.3 is 24.3 Å². The van der Waals surface area contributed by atoms with E-state index in [1.165, 1.54) is 0 Å². The van der Waals surface area contributed by atoms with E-state index in [2.05, 4.69) is 64.8 Å². The summed E-state index contributed by atoms with van der Waals surface area (Å²) in [5.41, 5.74) is 9.10. The molecule has 1 fully saturated rings. The minimum Gasteiger partial charge on any atom is -0.497 e. The van der Waals surface area contributed by atoms with Crippen molar-refractivity contribution < 1.29 is 14.3 Å². The summed E-state index contributed by atoms with van der Waals surface area (Å²) in [7, 11) is 1.69. The molecule has 0 spiro atoms. The Balaban J connectivity index is 1.20. The van der Waals surface area contributed by atoms with Crippen LogP contribution in [0.3, 0.4) is 0 Å². The molecule has 1 aliphatic heterocycles. The maximum absolute atomic E-state index is 12.4.